The third-order valence-corrected chi connectivity index (χ3v) is 1.10. The Labute approximate surface area is 56.7 Å². The Hall–Kier alpha value is -0.790. The van der Waals surface area contributed by atoms with Crippen molar-refractivity contribution in [3.63, 3.8) is 0 Å². The zero-order chi connectivity index (χ0) is 7.28. The summed E-state index contributed by atoms with van der Waals surface area (Å²) < 4.78 is 0. The highest BCUT2D eigenvalue weighted by Gasteiger charge is 1.93. The molecule has 0 fully saturated rings. The van der Waals surface area contributed by atoms with E-state index in [1.165, 1.54) is 0 Å². The molecule has 0 aromatic carbocycles. The molecule has 0 rings (SSSR count). The third kappa shape index (κ3) is 3.76. The van der Waals surface area contributed by atoms with Crippen molar-refractivity contribution in [1.29, 1.82) is 0 Å². The van der Waals surface area contributed by atoms with Crippen LogP contribution in [0.25, 0.3) is 0 Å². The molecule has 0 spiro atoms. The van der Waals surface area contributed by atoms with Crippen LogP contribution in [0.4, 0.5) is 0 Å². The van der Waals surface area contributed by atoms with E-state index in [1.807, 2.05) is 0 Å². The normalized spacial score (nSPS) is 10.7. The smallest absolute Gasteiger partial charge is 0.0496 e. The Bertz CT molecular complexity index is 114. The van der Waals surface area contributed by atoms with E-state index in [-0.39, 0.29) is 0 Å². The summed E-state index contributed by atoms with van der Waals surface area (Å²) in [6.45, 7) is 7.98. The van der Waals surface area contributed by atoms with Crippen molar-refractivity contribution in [2.24, 2.45) is 11.0 Å². The van der Waals surface area contributed by atoms with Gasteiger partial charge in [0.15, 0.2) is 0 Å². The van der Waals surface area contributed by atoms with Crippen molar-refractivity contribution >= 4 is 6.21 Å². The van der Waals surface area contributed by atoms with Gasteiger partial charge in [-0.15, -0.1) is 0 Å². The van der Waals surface area contributed by atoms with Gasteiger partial charge >= 0.3 is 0 Å². The summed E-state index contributed by atoms with van der Waals surface area (Å²) >= 11 is 0. The SMILES string of the molecule is C=C(/C=N\NC)C(C)C. The number of nitrogens with zero attached hydrogens (tertiary/aromatic N) is 1. The van der Waals surface area contributed by atoms with Crippen LogP contribution in [0.1, 0.15) is 13.8 Å². The maximum Gasteiger partial charge on any atom is 0.0496 e. The first-order valence-corrected chi connectivity index (χ1v) is 3.07. The minimum absolute atomic E-state index is 0.488. The molecule has 0 aromatic rings. The standard InChI is InChI=1S/C7H14N2/c1-6(2)7(3)5-9-8-4/h5-6,8H,3H2,1-2,4H3/b9-5-. The fourth-order valence-corrected chi connectivity index (χ4v) is 0.297. The van der Waals surface area contributed by atoms with Gasteiger partial charge in [-0.3, -0.25) is 0 Å². The lowest BCUT2D eigenvalue weighted by atomic mass is 10.1. The Morgan fingerprint density at radius 1 is 1.67 bits per heavy atom. The summed E-state index contributed by atoms with van der Waals surface area (Å²) in [5.41, 5.74) is 3.71. The van der Waals surface area contributed by atoms with Crippen LogP contribution in [-0.2, 0) is 0 Å². The van der Waals surface area contributed by atoms with E-state index in [0.29, 0.717) is 5.92 Å². The van der Waals surface area contributed by atoms with E-state index in [0.717, 1.165) is 5.57 Å². The van der Waals surface area contributed by atoms with Crippen LogP contribution in [0.15, 0.2) is 17.3 Å². The molecule has 0 aliphatic carbocycles. The number of hydrogen-bond acceptors (Lipinski definition) is 2. The fourth-order valence-electron chi connectivity index (χ4n) is 0.297. The van der Waals surface area contributed by atoms with Gasteiger partial charge in [0.05, 0.1) is 0 Å². The lowest BCUT2D eigenvalue weighted by Crippen LogP contribution is -1.98. The van der Waals surface area contributed by atoms with Crippen molar-refractivity contribution < 1.29 is 0 Å². The molecule has 0 unspecified atom stereocenters. The monoisotopic (exact) mass is 126 g/mol. The first-order chi connectivity index (χ1) is 4.18. The topological polar surface area (TPSA) is 24.4 Å². The van der Waals surface area contributed by atoms with Gasteiger partial charge in [0.25, 0.3) is 0 Å². The molecule has 0 saturated carbocycles. The van der Waals surface area contributed by atoms with Crippen molar-refractivity contribution in [3.05, 3.63) is 12.2 Å². The van der Waals surface area contributed by atoms with Gasteiger partial charge in [-0.05, 0) is 11.5 Å². The second kappa shape index (κ2) is 4.13. The number of nitrogens with one attached hydrogen (secondary N) is 1. The predicted molar refractivity (Wildman–Crippen MR) is 41.5 cm³/mol. The van der Waals surface area contributed by atoms with Crippen molar-refractivity contribution in [1.82, 2.24) is 5.43 Å². The molecule has 52 valence electrons. The lowest BCUT2D eigenvalue weighted by Gasteiger charge is -2.00. The van der Waals surface area contributed by atoms with Gasteiger partial charge in [0.2, 0.25) is 0 Å². The minimum atomic E-state index is 0.488. The quantitative estimate of drug-likeness (QED) is 0.448. The van der Waals surface area contributed by atoms with Gasteiger partial charge in [0.1, 0.15) is 0 Å². The lowest BCUT2D eigenvalue weighted by molar-refractivity contribution is 0.804. The molecule has 9 heavy (non-hydrogen) atoms. The van der Waals surface area contributed by atoms with Crippen LogP contribution in [0.5, 0.6) is 0 Å². The highest BCUT2D eigenvalue weighted by molar-refractivity contribution is 5.77. The number of allylic oxidation sites excluding steroid dienone is 1. The van der Waals surface area contributed by atoms with Crippen LogP contribution in [-0.4, -0.2) is 13.3 Å². The summed E-state index contributed by atoms with van der Waals surface area (Å²) in [5.74, 6) is 0.488. The molecule has 0 amide bonds. The molecule has 2 heteroatoms. The van der Waals surface area contributed by atoms with Gasteiger partial charge in [-0.2, -0.15) is 5.10 Å². The zero-order valence-corrected chi connectivity index (χ0v) is 6.31. The van der Waals surface area contributed by atoms with Crippen LogP contribution in [0, 0.1) is 5.92 Å². The van der Waals surface area contributed by atoms with E-state index in [1.54, 1.807) is 13.3 Å². The van der Waals surface area contributed by atoms with Crippen molar-refractivity contribution in [2.75, 3.05) is 7.05 Å². The van der Waals surface area contributed by atoms with E-state index in [9.17, 15) is 0 Å². The highest BCUT2D eigenvalue weighted by atomic mass is 15.3. The van der Waals surface area contributed by atoms with E-state index < -0.39 is 0 Å². The molecule has 0 aliphatic rings. The first kappa shape index (κ1) is 8.21. The van der Waals surface area contributed by atoms with Crippen molar-refractivity contribution in [2.45, 2.75) is 13.8 Å². The summed E-state index contributed by atoms with van der Waals surface area (Å²) in [5, 5.41) is 3.82. The minimum Gasteiger partial charge on any atom is -0.313 e. The Morgan fingerprint density at radius 2 is 2.22 bits per heavy atom. The summed E-state index contributed by atoms with van der Waals surface area (Å²) in [6, 6.07) is 0. The van der Waals surface area contributed by atoms with Gasteiger partial charge < -0.3 is 5.43 Å². The Kier molecular flexibility index (Phi) is 3.76. The summed E-state index contributed by atoms with van der Waals surface area (Å²) in [6.07, 6.45) is 1.74. The zero-order valence-electron chi connectivity index (χ0n) is 6.31. The molecule has 0 aromatic heterocycles. The molecular formula is C7H14N2. The van der Waals surface area contributed by atoms with E-state index in [4.69, 9.17) is 0 Å². The third-order valence-electron chi connectivity index (χ3n) is 1.10. The van der Waals surface area contributed by atoms with Gasteiger partial charge in [-0.1, -0.05) is 20.4 Å². The largest absolute Gasteiger partial charge is 0.313 e. The van der Waals surface area contributed by atoms with Crippen LogP contribution in [0.2, 0.25) is 0 Å². The van der Waals surface area contributed by atoms with Gasteiger partial charge in [-0.25, -0.2) is 0 Å². The molecule has 0 radical (unpaired) electrons. The van der Waals surface area contributed by atoms with Crippen LogP contribution in [0.3, 0.4) is 0 Å². The summed E-state index contributed by atoms with van der Waals surface area (Å²) in [4.78, 5) is 0. The molecule has 0 aliphatic heterocycles. The average molecular weight is 126 g/mol. The van der Waals surface area contributed by atoms with Gasteiger partial charge in [0, 0.05) is 13.3 Å². The molecule has 2 nitrogen and oxygen atoms in total. The first-order valence-electron chi connectivity index (χ1n) is 3.07. The van der Waals surface area contributed by atoms with Crippen LogP contribution >= 0.6 is 0 Å². The molecule has 0 heterocycles. The Morgan fingerprint density at radius 3 is 2.56 bits per heavy atom. The highest BCUT2D eigenvalue weighted by Crippen LogP contribution is 2.01. The number of hydrazone groups is 1. The van der Waals surface area contributed by atoms with E-state index in [2.05, 4.69) is 31.0 Å². The maximum atomic E-state index is 3.82. The summed E-state index contributed by atoms with van der Waals surface area (Å²) in [7, 11) is 1.77. The predicted octanol–water partition coefficient (Wildman–Crippen LogP) is 1.40. The maximum absolute atomic E-state index is 3.82. The molecule has 1 N–H and O–H groups in total. The molecule has 0 bridgehead atoms. The number of hydrogen-bond donors (Lipinski definition) is 1. The van der Waals surface area contributed by atoms with E-state index >= 15 is 0 Å². The fraction of sp³-hybridized carbons (Fsp3) is 0.571. The molecule has 0 atom stereocenters. The average Bonchev–Trinajstić information content (AvgIpc) is 1.82. The second-order valence-corrected chi connectivity index (χ2v) is 2.21. The van der Waals surface area contributed by atoms with Crippen molar-refractivity contribution in [3.8, 4) is 0 Å². The Balaban J connectivity index is 3.63. The number of rotatable bonds is 3. The van der Waals surface area contributed by atoms with Crippen LogP contribution < -0.4 is 5.43 Å². The second-order valence-electron chi connectivity index (χ2n) is 2.21. The molecule has 0 saturated heterocycles. The molecular weight excluding hydrogens is 112 g/mol.